The number of hydrogen-bond donors (Lipinski definition) is 1. The Morgan fingerprint density at radius 1 is 1.16 bits per heavy atom. The average molecular weight is 423 g/mol. The van der Waals surface area contributed by atoms with E-state index in [2.05, 4.69) is 15.3 Å². The summed E-state index contributed by atoms with van der Waals surface area (Å²) in [6.07, 6.45) is 12.7. The highest BCUT2D eigenvalue weighted by molar-refractivity contribution is 5.86. The van der Waals surface area contributed by atoms with Gasteiger partial charge < -0.3 is 15.0 Å². The summed E-state index contributed by atoms with van der Waals surface area (Å²) >= 11 is 0. The number of methoxy groups -OCH3 is 1. The molecule has 2 aromatic rings. The number of carbonyl (C=O) groups is 2. The summed E-state index contributed by atoms with van der Waals surface area (Å²) in [4.78, 5) is 35.1. The van der Waals surface area contributed by atoms with Gasteiger partial charge in [0, 0.05) is 31.0 Å². The molecule has 0 spiro atoms. The van der Waals surface area contributed by atoms with Crippen molar-refractivity contribution in [3.05, 3.63) is 54.4 Å². The molecule has 1 N–H and O–H groups in total. The smallest absolute Gasteiger partial charge is 0.328 e. The van der Waals surface area contributed by atoms with Crippen LogP contribution in [0.25, 0.3) is 6.08 Å². The van der Waals surface area contributed by atoms with E-state index in [0.717, 1.165) is 36.9 Å². The van der Waals surface area contributed by atoms with Gasteiger partial charge in [0.05, 0.1) is 7.11 Å². The van der Waals surface area contributed by atoms with Crippen molar-refractivity contribution in [2.24, 2.45) is 5.92 Å². The molecule has 3 rings (SSSR count). The van der Waals surface area contributed by atoms with Gasteiger partial charge in [0.1, 0.15) is 6.04 Å². The second kappa shape index (κ2) is 11.2. The maximum Gasteiger partial charge on any atom is 0.328 e. The number of nitrogens with one attached hydrogen (secondary N) is 1. The van der Waals surface area contributed by atoms with Crippen LogP contribution in [-0.4, -0.2) is 42.0 Å². The fourth-order valence-corrected chi connectivity index (χ4v) is 3.74. The molecule has 0 saturated heterocycles. The van der Waals surface area contributed by atoms with Crippen LogP contribution in [0.1, 0.15) is 44.1 Å². The third-order valence-electron chi connectivity index (χ3n) is 5.59. The summed E-state index contributed by atoms with van der Waals surface area (Å²) in [6, 6.07) is 9.05. The van der Waals surface area contributed by atoms with E-state index in [1.165, 1.54) is 13.5 Å². The van der Waals surface area contributed by atoms with Crippen molar-refractivity contribution in [3.8, 4) is 0 Å². The van der Waals surface area contributed by atoms with Crippen LogP contribution >= 0.6 is 0 Å². The third kappa shape index (κ3) is 6.38. The van der Waals surface area contributed by atoms with Crippen molar-refractivity contribution < 1.29 is 14.3 Å². The van der Waals surface area contributed by atoms with Gasteiger partial charge in [-0.15, -0.1) is 0 Å². The van der Waals surface area contributed by atoms with Crippen LogP contribution in [0.2, 0.25) is 0 Å². The van der Waals surface area contributed by atoms with E-state index < -0.39 is 12.0 Å². The molecule has 0 unspecified atom stereocenters. The molecule has 164 valence electrons. The molecule has 0 radical (unpaired) electrons. The highest BCUT2D eigenvalue weighted by Crippen LogP contribution is 2.24. The van der Waals surface area contributed by atoms with Gasteiger partial charge in [-0.2, -0.15) is 0 Å². The minimum atomic E-state index is -0.670. The largest absolute Gasteiger partial charge is 0.467 e. The zero-order chi connectivity index (χ0) is 22.1. The highest BCUT2D eigenvalue weighted by Gasteiger charge is 2.26. The van der Waals surface area contributed by atoms with Crippen LogP contribution < -0.4 is 10.2 Å². The predicted octanol–water partition coefficient (Wildman–Crippen LogP) is 3.89. The number of esters is 1. The van der Waals surface area contributed by atoms with Crippen molar-refractivity contribution in [2.75, 3.05) is 19.1 Å². The van der Waals surface area contributed by atoms with Gasteiger partial charge in [0.25, 0.3) is 0 Å². The van der Waals surface area contributed by atoms with Crippen LogP contribution in [0.3, 0.4) is 0 Å². The van der Waals surface area contributed by atoms with Crippen LogP contribution in [0.4, 0.5) is 11.6 Å². The summed E-state index contributed by atoms with van der Waals surface area (Å²) in [6.45, 7) is 0. The molecule has 0 aliphatic heterocycles. The number of rotatable bonds is 8. The van der Waals surface area contributed by atoms with Crippen LogP contribution in [0.5, 0.6) is 0 Å². The number of amides is 1. The van der Waals surface area contributed by atoms with Gasteiger partial charge in [-0.1, -0.05) is 43.5 Å². The number of anilines is 2. The van der Waals surface area contributed by atoms with Gasteiger partial charge in [-0.3, -0.25) is 4.79 Å². The van der Waals surface area contributed by atoms with Crippen molar-refractivity contribution in [1.29, 1.82) is 0 Å². The molecule has 1 aliphatic rings. The van der Waals surface area contributed by atoms with E-state index in [1.54, 1.807) is 18.5 Å². The monoisotopic (exact) mass is 422 g/mol. The first-order valence-electron chi connectivity index (χ1n) is 10.7. The molecule has 1 amide bonds. The number of carbonyl (C=O) groups excluding carboxylic acids is 2. The Hall–Kier alpha value is -3.22. The van der Waals surface area contributed by atoms with Gasteiger partial charge in [0.2, 0.25) is 11.9 Å². The Balaban J connectivity index is 1.58. The average Bonchev–Trinajstić information content (AvgIpc) is 2.84. The van der Waals surface area contributed by atoms with Crippen molar-refractivity contribution in [1.82, 2.24) is 15.3 Å². The second-order valence-electron chi connectivity index (χ2n) is 7.76. The lowest BCUT2D eigenvalue weighted by atomic mass is 9.88. The van der Waals surface area contributed by atoms with E-state index >= 15 is 0 Å². The Labute approximate surface area is 183 Å². The predicted molar refractivity (Wildman–Crippen MR) is 121 cm³/mol. The fraction of sp³-hybridized carbons (Fsp3) is 0.417. The number of nitrogens with zero attached hydrogens (tertiary/aromatic N) is 3. The molecular weight excluding hydrogens is 392 g/mol. The molecular formula is C24H30N4O3. The zero-order valence-corrected chi connectivity index (χ0v) is 18.2. The van der Waals surface area contributed by atoms with Gasteiger partial charge in [0.15, 0.2) is 0 Å². The molecule has 1 atom stereocenters. The van der Waals surface area contributed by atoms with Gasteiger partial charge in [-0.25, -0.2) is 14.8 Å². The summed E-state index contributed by atoms with van der Waals surface area (Å²) < 4.78 is 4.88. The second-order valence-corrected chi connectivity index (χ2v) is 7.76. The molecule has 1 aromatic carbocycles. The Morgan fingerprint density at radius 2 is 1.84 bits per heavy atom. The fourth-order valence-electron chi connectivity index (χ4n) is 3.74. The normalized spacial score (nSPS) is 15.4. The molecule has 0 bridgehead atoms. The van der Waals surface area contributed by atoms with Crippen LogP contribution in [-0.2, 0) is 14.3 Å². The van der Waals surface area contributed by atoms with E-state index in [0.29, 0.717) is 12.4 Å². The van der Waals surface area contributed by atoms with Crippen molar-refractivity contribution in [2.45, 2.75) is 44.6 Å². The molecule has 1 aromatic heterocycles. The number of aromatic nitrogens is 2. The molecule has 1 saturated carbocycles. The molecule has 1 heterocycles. The number of benzene rings is 1. The first-order chi connectivity index (χ1) is 15.1. The molecule has 7 nitrogen and oxygen atoms in total. The molecule has 7 heteroatoms. The van der Waals surface area contributed by atoms with E-state index in [1.807, 2.05) is 48.4 Å². The molecule has 31 heavy (non-hydrogen) atoms. The Kier molecular flexibility index (Phi) is 8.15. The van der Waals surface area contributed by atoms with Crippen molar-refractivity contribution in [3.63, 3.8) is 0 Å². The van der Waals surface area contributed by atoms with E-state index in [-0.39, 0.29) is 11.8 Å². The summed E-state index contributed by atoms with van der Waals surface area (Å²) in [5.74, 6) is 0.163. The topological polar surface area (TPSA) is 84.4 Å². The maximum atomic E-state index is 12.5. The zero-order valence-electron chi connectivity index (χ0n) is 18.2. The van der Waals surface area contributed by atoms with E-state index in [4.69, 9.17) is 4.74 Å². The minimum absolute atomic E-state index is 0.00279. The van der Waals surface area contributed by atoms with Crippen molar-refractivity contribution >= 4 is 29.6 Å². The standard InChI is InChI=1S/C24H30N4O3/c1-28(24-25-16-7-17-26-24)20-14-12-18(13-15-20)8-6-11-21(23(30)31-2)27-22(29)19-9-4-3-5-10-19/h6-8,12-17,19,21H,3-5,9-11H2,1-2H3,(H,27,29)/b8-6+/t21-/m0/s1. The van der Waals surface area contributed by atoms with Gasteiger partial charge in [-0.05, 0) is 43.0 Å². The van der Waals surface area contributed by atoms with E-state index in [9.17, 15) is 9.59 Å². The first kappa shape index (κ1) is 22.5. The molecule has 1 fully saturated rings. The van der Waals surface area contributed by atoms with Crippen LogP contribution in [0.15, 0.2) is 48.8 Å². The SMILES string of the molecule is COC(=O)[C@H](C/C=C/c1ccc(N(C)c2ncccn2)cc1)NC(=O)C1CCCCC1. The first-order valence-corrected chi connectivity index (χ1v) is 10.7. The number of ether oxygens (including phenoxy) is 1. The Bertz CT molecular complexity index is 877. The Morgan fingerprint density at radius 3 is 2.48 bits per heavy atom. The third-order valence-corrected chi connectivity index (χ3v) is 5.59. The van der Waals surface area contributed by atoms with Gasteiger partial charge >= 0.3 is 5.97 Å². The number of hydrogen-bond acceptors (Lipinski definition) is 6. The lowest BCUT2D eigenvalue weighted by Gasteiger charge is -2.23. The maximum absolute atomic E-state index is 12.5. The van der Waals surface area contributed by atoms with Crippen LogP contribution in [0, 0.1) is 5.92 Å². The summed E-state index contributed by atoms with van der Waals surface area (Å²) in [5, 5.41) is 2.88. The quantitative estimate of drug-likeness (QED) is 0.650. The highest BCUT2D eigenvalue weighted by atomic mass is 16.5. The lowest BCUT2D eigenvalue weighted by Crippen LogP contribution is -2.44. The summed E-state index contributed by atoms with van der Waals surface area (Å²) in [7, 11) is 3.26. The minimum Gasteiger partial charge on any atom is -0.467 e. The summed E-state index contributed by atoms with van der Waals surface area (Å²) in [5.41, 5.74) is 1.96. The molecule has 1 aliphatic carbocycles. The lowest BCUT2D eigenvalue weighted by molar-refractivity contribution is -0.145.